The molecule has 2 aromatic rings. The second-order valence-corrected chi connectivity index (χ2v) is 7.82. The summed E-state index contributed by atoms with van der Waals surface area (Å²) in [6.45, 7) is 7.08. The SMILES string of the molecule is Cc1ccc(N2C(=O)/C(=C/c3ccc(N4CCOCC4)cc3C)C(=O)NC2=S)cc1. The Bertz CT molecular complexity index is 1040. The van der Waals surface area contributed by atoms with Crippen molar-refractivity contribution < 1.29 is 14.3 Å². The lowest BCUT2D eigenvalue weighted by atomic mass is 10.0. The zero-order chi connectivity index (χ0) is 21.3. The van der Waals surface area contributed by atoms with Crippen LogP contribution in [0, 0.1) is 13.8 Å². The molecule has 2 aromatic carbocycles. The molecule has 154 valence electrons. The molecule has 0 radical (unpaired) electrons. The van der Waals surface area contributed by atoms with Crippen molar-refractivity contribution in [3.63, 3.8) is 0 Å². The number of ether oxygens (including phenoxy) is 1. The van der Waals surface area contributed by atoms with Crippen LogP contribution in [-0.4, -0.2) is 43.2 Å². The Hall–Kier alpha value is -3.03. The van der Waals surface area contributed by atoms with Crippen LogP contribution in [0.1, 0.15) is 16.7 Å². The summed E-state index contributed by atoms with van der Waals surface area (Å²) in [5.74, 6) is -0.908. The summed E-state index contributed by atoms with van der Waals surface area (Å²) in [4.78, 5) is 29.3. The predicted molar refractivity (Wildman–Crippen MR) is 122 cm³/mol. The average Bonchev–Trinajstić information content (AvgIpc) is 2.74. The van der Waals surface area contributed by atoms with Gasteiger partial charge in [-0.2, -0.15) is 0 Å². The highest BCUT2D eigenvalue weighted by Gasteiger charge is 2.34. The van der Waals surface area contributed by atoms with Crippen molar-refractivity contribution in [3.8, 4) is 0 Å². The third-order valence-corrected chi connectivity index (χ3v) is 5.61. The third kappa shape index (κ3) is 3.99. The molecule has 4 rings (SSSR count). The quantitative estimate of drug-likeness (QED) is 0.469. The molecule has 7 heteroatoms. The molecule has 2 fully saturated rings. The lowest BCUT2D eigenvalue weighted by molar-refractivity contribution is -0.122. The van der Waals surface area contributed by atoms with Gasteiger partial charge in [-0.1, -0.05) is 23.8 Å². The van der Waals surface area contributed by atoms with E-state index < -0.39 is 11.8 Å². The van der Waals surface area contributed by atoms with Crippen molar-refractivity contribution in [2.24, 2.45) is 0 Å². The second kappa shape index (κ2) is 8.38. The van der Waals surface area contributed by atoms with Gasteiger partial charge in [-0.15, -0.1) is 0 Å². The molecule has 0 saturated carbocycles. The van der Waals surface area contributed by atoms with Gasteiger partial charge < -0.3 is 9.64 Å². The van der Waals surface area contributed by atoms with Crippen molar-refractivity contribution in [1.29, 1.82) is 0 Å². The maximum Gasteiger partial charge on any atom is 0.270 e. The topological polar surface area (TPSA) is 61.9 Å². The minimum Gasteiger partial charge on any atom is -0.378 e. The van der Waals surface area contributed by atoms with Gasteiger partial charge in [-0.3, -0.25) is 19.8 Å². The first-order chi connectivity index (χ1) is 14.4. The summed E-state index contributed by atoms with van der Waals surface area (Å²) in [7, 11) is 0. The molecule has 2 amide bonds. The third-order valence-electron chi connectivity index (χ3n) is 5.32. The normalized spacial score (nSPS) is 18.7. The first-order valence-electron chi connectivity index (χ1n) is 9.85. The maximum atomic E-state index is 13.1. The van der Waals surface area contributed by atoms with E-state index in [1.807, 2.05) is 50.2 Å². The number of carbonyl (C=O) groups excluding carboxylic acids is 2. The van der Waals surface area contributed by atoms with E-state index in [0.717, 1.165) is 35.5 Å². The number of rotatable bonds is 3. The number of aryl methyl sites for hydroxylation is 2. The number of benzene rings is 2. The minimum absolute atomic E-state index is 0.0615. The predicted octanol–water partition coefficient (Wildman–Crippen LogP) is 2.97. The molecule has 6 nitrogen and oxygen atoms in total. The molecule has 0 aromatic heterocycles. The molecule has 30 heavy (non-hydrogen) atoms. The van der Waals surface area contributed by atoms with Crippen LogP contribution in [0.25, 0.3) is 6.08 Å². The average molecular weight is 422 g/mol. The van der Waals surface area contributed by atoms with E-state index >= 15 is 0 Å². The summed E-state index contributed by atoms with van der Waals surface area (Å²) in [6, 6.07) is 13.5. The summed E-state index contributed by atoms with van der Waals surface area (Å²) in [5.41, 5.74) is 4.68. The van der Waals surface area contributed by atoms with Crippen LogP contribution < -0.4 is 15.1 Å². The van der Waals surface area contributed by atoms with Gasteiger partial charge in [0.2, 0.25) is 0 Å². The zero-order valence-corrected chi connectivity index (χ0v) is 17.8. The van der Waals surface area contributed by atoms with Crippen molar-refractivity contribution in [2.75, 3.05) is 36.1 Å². The van der Waals surface area contributed by atoms with Gasteiger partial charge in [0.05, 0.1) is 18.9 Å². The molecular formula is C23H23N3O3S. The van der Waals surface area contributed by atoms with Crippen LogP contribution >= 0.6 is 12.2 Å². The van der Waals surface area contributed by atoms with Crippen molar-refractivity contribution in [1.82, 2.24) is 5.32 Å². The Morgan fingerprint density at radius 3 is 2.33 bits per heavy atom. The number of carbonyl (C=O) groups is 2. The first kappa shape index (κ1) is 20.3. The summed E-state index contributed by atoms with van der Waals surface area (Å²) in [6.07, 6.45) is 1.64. The van der Waals surface area contributed by atoms with Crippen LogP contribution in [-0.2, 0) is 14.3 Å². The highest BCUT2D eigenvalue weighted by Crippen LogP contribution is 2.25. The number of anilines is 2. The Morgan fingerprint density at radius 1 is 1.00 bits per heavy atom. The van der Waals surface area contributed by atoms with Crippen LogP contribution in [0.5, 0.6) is 0 Å². The molecule has 2 heterocycles. The van der Waals surface area contributed by atoms with Crippen LogP contribution in [0.15, 0.2) is 48.0 Å². The fourth-order valence-corrected chi connectivity index (χ4v) is 3.86. The second-order valence-electron chi connectivity index (χ2n) is 7.43. The van der Waals surface area contributed by atoms with Crippen molar-refractivity contribution >= 4 is 46.6 Å². The van der Waals surface area contributed by atoms with Gasteiger partial charge in [0.1, 0.15) is 5.57 Å². The van der Waals surface area contributed by atoms with E-state index in [0.29, 0.717) is 18.9 Å². The fourth-order valence-electron chi connectivity index (χ4n) is 3.58. The molecule has 0 spiro atoms. The monoisotopic (exact) mass is 421 g/mol. The van der Waals surface area contributed by atoms with Crippen LogP contribution in [0.2, 0.25) is 0 Å². The molecule has 0 bridgehead atoms. The van der Waals surface area contributed by atoms with E-state index in [1.165, 1.54) is 4.90 Å². The van der Waals surface area contributed by atoms with Gasteiger partial charge in [-0.05, 0) is 67.5 Å². The summed E-state index contributed by atoms with van der Waals surface area (Å²) < 4.78 is 5.41. The molecule has 2 aliphatic rings. The molecule has 2 aliphatic heterocycles. The Kier molecular flexibility index (Phi) is 5.65. The van der Waals surface area contributed by atoms with Gasteiger partial charge in [0.15, 0.2) is 5.11 Å². The number of hydrogen-bond acceptors (Lipinski definition) is 5. The summed E-state index contributed by atoms with van der Waals surface area (Å²) >= 11 is 5.26. The minimum atomic E-state index is -0.481. The van der Waals surface area contributed by atoms with Crippen LogP contribution in [0.4, 0.5) is 11.4 Å². The van der Waals surface area contributed by atoms with E-state index in [1.54, 1.807) is 6.08 Å². The highest BCUT2D eigenvalue weighted by molar-refractivity contribution is 7.80. The number of hydrogen-bond donors (Lipinski definition) is 1. The molecule has 1 N–H and O–H groups in total. The van der Waals surface area contributed by atoms with Gasteiger partial charge in [0, 0.05) is 18.8 Å². The number of morpholine rings is 1. The highest BCUT2D eigenvalue weighted by atomic mass is 32.1. The molecular weight excluding hydrogens is 398 g/mol. The van der Waals surface area contributed by atoms with Crippen LogP contribution in [0.3, 0.4) is 0 Å². The number of amides is 2. The number of nitrogens with zero attached hydrogens (tertiary/aromatic N) is 2. The lowest BCUT2D eigenvalue weighted by Crippen LogP contribution is -2.54. The first-order valence-corrected chi connectivity index (χ1v) is 10.3. The van der Waals surface area contributed by atoms with Crippen molar-refractivity contribution in [3.05, 3.63) is 64.7 Å². The van der Waals surface area contributed by atoms with Crippen molar-refractivity contribution in [2.45, 2.75) is 13.8 Å². The molecule has 0 aliphatic carbocycles. The van der Waals surface area contributed by atoms with E-state index in [2.05, 4.69) is 16.3 Å². The number of nitrogens with one attached hydrogen (secondary N) is 1. The van der Waals surface area contributed by atoms with E-state index in [9.17, 15) is 9.59 Å². The fraction of sp³-hybridized carbons (Fsp3) is 0.261. The molecule has 0 atom stereocenters. The van der Waals surface area contributed by atoms with Gasteiger partial charge in [0.25, 0.3) is 11.8 Å². The standard InChI is InChI=1S/C23H23N3O3S/c1-15-3-6-18(7-4-15)26-22(28)20(21(27)24-23(26)30)14-17-5-8-19(13-16(17)2)25-9-11-29-12-10-25/h3-8,13-14H,9-12H2,1-2H3,(H,24,27,30)/b20-14+. The zero-order valence-electron chi connectivity index (χ0n) is 17.0. The number of thiocarbonyl (C=S) groups is 1. The summed E-state index contributed by atoms with van der Waals surface area (Å²) in [5, 5.41) is 2.72. The molecule has 0 unspecified atom stereocenters. The largest absolute Gasteiger partial charge is 0.378 e. The maximum absolute atomic E-state index is 13.1. The lowest BCUT2D eigenvalue weighted by Gasteiger charge is -2.30. The smallest absolute Gasteiger partial charge is 0.270 e. The molecule has 2 saturated heterocycles. The van der Waals surface area contributed by atoms with Gasteiger partial charge in [-0.25, -0.2) is 0 Å². The van der Waals surface area contributed by atoms with E-state index in [4.69, 9.17) is 17.0 Å². The Morgan fingerprint density at radius 2 is 1.67 bits per heavy atom. The Balaban J connectivity index is 1.64. The van der Waals surface area contributed by atoms with Gasteiger partial charge >= 0.3 is 0 Å². The Labute approximate surface area is 181 Å². The van der Waals surface area contributed by atoms with E-state index in [-0.39, 0.29) is 10.7 Å².